The molecule has 2 rings (SSSR count). The third-order valence-electron chi connectivity index (χ3n) is 3.47. The number of nitrogens with one attached hydrogen (secondary N) is 2. The molecule has 0 spiro atoms. The van der Waals surface area contributed by atoms with Gasteiger partial charge in [-0.25, -0.2) is 8.42 Å². The third-order valence-corrected chi connectivity index (χ3v) is 6.05. The summed E-state index contributed by atoms with van der Waals surface area (Å²) in [7, 11) is -2.99. The van der Waals surface area contributed by atoms with Gasteiger partial charge in [0.1, 0.15) is 0 Å². The maximum Gasteiger partial charge on any atom is 0.269 e. The summed E-state index contributed by atoms with van der Waals surface area (Å²) in [6.07, 6.45) is 2.54. The molecule has 22 heavy (non-hydrogen) atoms. The van der Waals surface area contributed by atoms with Crippen LogP contribution in [0, 0.1) is 5.92 Å². The molecule has 0 aliphatic carbocycles. The van der Waals surface area contributed by atoms with E-state index in [1.165, 1.54) is 0 Å². The fourth-order valence-electron chi connectivity index (χ4n) is 2.29. The van der Waals surface area contributed by atoms with Crippen LogP contribution in [0.25, 0.3) is 0 Å². The molecule has 6 nitrogen and oxygen atoms in total. The summed E-state index contributed by atoms with van der Waals surface area (Å²) in [6, 6.07) is 7.00. The molecular formula is C14H18N2O4S2. The Hall–Kier alpha value is -1.54. The SMILES string of the molecule is CSc1ccc(C(=O)NNC(=O)C[C@@H]2CCS(=O)(=O)C2)cc1. The van der Waals surface area contributed by atoms with E-state index >= 15 is 0 Å². The highest BCUT2D eigenvalue weighted by Gasteiger charge is 2.29. The van der Waals surface area contributed by atoms with Crippen molar-refractivity contribution in [3.8, 4) is 0 Å². The highest BCUT2D eigenvalue weighted by molar-refractivity contribution is 7.98. The average molecular weight is 342 g/mol. The second kappa shape index (κ2) is 7.15. The molecule has 1 saturated heterocycles. The zero-order valence-corrected chi connectivity index (χ0v) is 13.8. The zero-order valence-electron chi connectivity index (χ0n) is 12.2. The molecule has 2 amide bonds. The summed E-state index contributed by atoms with van der Waals surface area (Å²) < 4.78 is 22.6. The lowest BCUT2D eigenvalue weighted by molar-refractivity contribution is -0.122. The molecular weight excluding hydrogens is 324 g/mol. The largest absolute Gasteiger partial charge is 0.273 e. The third kappa shape index (κ3) is 4.74. The average Bonchev–Trinajstić information content (AvgIpc) is 2.83. The first kappa shape index (κ1) is 16.8. The van der Waals surface area contributed by atoms with Gasteiger partial charge in [-0.2, -0.15) is 0 Å². The molecule has 1 heterocycles. The Morgan fingerprint density at radius 2 is 1.91 bits per heavy atom. The number of amides is 2. The van der Waals surface area contributed by atoms with Crippen molar-refractivity contribution in [3.05, 3.63) is 29.8 Å². The van der Waals surface area contributed by atoms with E-state index in [2.05, 4.69) is 10.9 Å². The van der Waals surface area contributed by atoms with Gasteiger partial charge >= 0.3 is 0 Å². The molecule has 1 aliphatic heterocycles. The lowest BCUT2D eigenvalue weighted by atomic mass is 10.1. The Bertz CT molecular complexity index is 656. The summed E-state index contributed by atoms with van der Waals surface area (Å²) in [5.74, 6) is -0.761. The first-order chi connectivity index (χ1) is 10.4. The maximum absolute atomic E-state index is 11.9. The van der Waals surface area contributed by atoms with Crippen LogP contribution in [0.4, 0.5) is 0 Å². The van der Waals surface area contributed by atoms with Gasteiger partial charge in [-0.1, -0.05) is 0 Å². The van der Waals surface area contributed by atoms with E-state index in [4.69, 9.17) is 0 Å². The molecule has 1 fully saturated rings. The normalized spacial score (nSPS) is 19.6. The Kier molecular flexibility index (Phi) is 5.47. The summed E-state index contributed by atoms with van der Waals surface area (Å²) in [6.45, 7) is 0. The van der Waals surface area contributed by atoms with Crippen LogP contribution in [-0.4, -0.2) is 38.0 Å². The van der Waals surface area contributed by atoms with Crippen molar-refractivity contribution in [3.63, 3.8) is 0 Å². The lowest BCUT2D eigenvalue weighted by Crippen LogP contribution is -2.42. The summed E-state index contributed by atoms with van der Waals surface area (Å²) in [5, 5.41) is 0. The Balaban J connectivity index is 1.79. The molecule has 1 aromatic carbocycles. The van der Waals surface area contributed by atoms with Crippen molar-refractivity contribution in [2.45, 2.75) is 17.7 Å². The molecule has 1 atom stereocenters. The summed E-state index contributed by atoms with van der Waals surface area (Å²) in [4.78, 5) is 24.6. The molecule has 0 radical (unpaired) electrons. The molecule has 0 unspecified atom stereocenters. The minimum Gasteiger partial charge on any atom is -0.273 e. The molecule has 120 valence electrons. The molecule has 0 saturated carbocycles. The van der Waals surface area contributed by atoms with Crippen molar-refractivity contribution in [2.75, 3.05) is 17.8 Å². The Morgan fingerprint density at radius 1 is 1.23 bits per heavy atom. The van der Waals surface area contributed by atoms with Crippen molar-refractivity contribution in [1.29, 1.82) is 0 Å². The number of sulfone groups is 1. The van der Waals surface area contributed by atoms with Gasteiger partial charge in [0.2, 0.25) is 5.91 Å². The van der Waals surface area contributed by atoms with Gasteiger partial charge in [-0.05, 0) is 42.9 Å². The fraction of sp³-hybridized carbons (Fsp3) is 0.429. The molecule has 1 aromatic rings. The van der Waals surface area contributed by atoms with Crippen molar-refractivity contribution in [2.24, 2.45) is 5.92 Å². The highest BCUT2D eigenvalue weighted by Crippen LogP contribution is 2.21. The van der Waals surface area contributed by atoms with E-state index in [0.717, 1.165) is 4.90 Å². The fourth-order valence-corrected chi connectivity index (χ4v) is 4.56. The number of hydrogen-bond donors (Lipinski definition) is 2. The number of rotatable bonds is 4. The van der Waals surface area contributed by atoms with Crippen LogP contribution >= 0.6 is 11.8 Å². The molecule has 1 aliphatic rings. The molecule has 8 heteroatoms. The number of benzene rings is 1. The summed E-state index contributed by atoms with van der Waals surface area (Å²) >= 11 is 1.57. The monoisotopic (exact) mass is 342 g/mol. The predicted octanol–water partition coefficient (Wildman–Crippen LogP) is 0.994. The standard InChI is InChI=1S/C14H18N2O4S2/c1-21-12-4-2-11(3-5-12)14(18)16-15-13(17)8-10-6-7-22(19,20)9-10/h2-5,10H,6-9H2,1H3,(H,15,17)(H,16,18)/t10-/m0/s1. The first-order valence-corrected chi connectivity index (χ1v) is 9.88. The second-order valence-corrected chi connectivity index (χ2v) is 8.31. The van der Waals surface area contributed by atoms with Gasteiger partial charge in [-0.3, -0.25) is 20.4 Å². The van der Waals surface area contributed by atoms with E-state index in [-0.39, 0.29) is 29.8 Å². The van der Waals surface area contributed by atoms with E-state index < -0.39 is 15.7 Å². The number of carbonyl (C=O) groups is 2. The first-order valence-electron chi connectivity index (χ1n) is 6.83. The Morgan fingerprint density at radius 3 is 2.45 bits per heavy atom. The van der Waals surface area contributed by atoms with Gasteiger partial charge in [0.05, 0.1) is 11.5 Å². The quantitative estimate of drug-likeness (QED) is 0.629. The van der Waals surface area contributed by atoms with Gasteiger partial charge in [0.15, 0.2) is 9.84 Å². The van der Waals surface area contributed by atoms with Crippen molar-refractivity contribution in [1.82, 2.24) is 10.9 Å². The van der Waals surface area contributed by atoms with Crippen LogP contribution in [0.15, 0.2) is 29.2 Å². The van der Waals surface area contributed by atoms with Crippen molar-refractivity contribution >= 4 is 33.4 Å². The van der Waals surface area contributed by atoms with E-state index in [9.17, 15) is 18.0 Å². The van der Waals surface area contributed by atoms with Crippen LogP contribution in [-0.2, 0) is 14.6 Å². The van der Waals surface area contributed by atoms with E-state index in [1.54, 1.807) is 23.9 Å². The minimum absolute atomic E-state index is 0.0461. The zero-order chi connectivity index (χ0) is 16.2. The van der Waals surface area contributed by atoms with E-state index in [0.29, 0.717) is 12.0 Å². The number of carbonyl (C=O) groups excluding carboxylic acids is 2. The van der Waals surface area contributed by atoms with Crippen LogP contribution in [0.1, 0.15) is 23.2 Å². The van der Waals surface area contributed by atoms with Crippen LogP contribution < -0.4 is 10.9 Å². The van der Waals surface area contributed by atoms with Crippen LogP contribution in [0.2, 0.25) is 0 Å². The maximum atomic E-state index is 11.9. The lowest BCUT2D eigenvalue weighted by Gasteiger charge is -2.10. The molecule has 0 bridgehead atoms. The Labute approximate surface area is 133 Å². The van der Waals surface area contributed by atoms with Gasteiger partial charge in [0.25, 0.3) is 5.91 Å². The number of hydrogen-bond acceptors (Lipinski definition) is 5. The second-order valence-electron chi connectivity index (χ2n) is 5.20. The molecule has 2 N–H and O–H groups in total. The predicted molar refractivity (Wildman–Crippen MR) is 85.2 cm³/mol. The highest BCUT2D eigenvalue weighted by atomic mass is 32.2. The minimum atomic E-state index is -2.99. The molecule has 0 aromatic heterocycles. The van der Waals surface area contributed by atoms with E-state index in [1.807, 2.05) is 18.4 Å². The topological polar surface area (TPSA) is 92.3 Å². The van der Waals surface area contributed by atoms with Gasteiger partial charge in [-0.15, -0.1) is 11.8 Å². The number of thioether (sulfide) groups is 1. The smallest absolute Gasteiger partial charge is 0.269 e. The van der Waals surface area contributed by atoms with Gasteiger partial charge in [0, 0.05) is 16.9 Å². The van der Waals surface area contributed by atoms with Crippen molar-refractivity contribution < 1.29 is 18.0 Å². The van der Waals surface area contributed by atoms with Crippen LogP contribution in [0.3, 0.4) is 0 Å². The van der Waals surface area contributed by atoms with Gasteiger partial charge < -0.3 is 0 Å². The number of hydrazine groups is 1. The summed E-state index contributed by atoms with van der Waals surface area (Å²) in [5.41, 5.74) is 5.11. The van der Waals surface area contributed by atoms with Crippen LogP contribution in [0.5, 0.6) is 0 Å².